The molecule has 2 aromatic heterocycles. The van der Waals surface area contributed by atoms with Crippen LogP contribution in [0.2, 0.25) is 0 Å². The molecule has 0 N–H and O–H groups in total. The summed E-state index contributed by atoms with van der Waals surface area (Å²) >= 11 is 0. The Balaban J connectivity index is 1.29. The van der Waals surface area contributed by atoms with Gasteiger partial charge in [0.05, 0.1) is 5.69 Å². The third-order valence-electron chi connectivity index (χ3n) is 5.07. The smallest absolute Gasteiger partial charge is 0.158 e. The third-order valence-corrected chi connectivity index (χ3v) is 5.07. The summed E-state index contributed by atoms with van der Waals surface area (Å²) in [6, 6.07) is 14.8. The third kappa shape index (κ3) is 4.52. The molecular weight excluding hydrogens is 336 g/mol. The van der Waals surface area contributed by atoms with Crippen molar-refractivity contribution in [3.63, 3.8) is 0 Å². The average molecular weight is 362 g/mol. The fourth-order valence-electron chi connectivity index (χ4n) is 3.53. The van der Waals surface area contributed by atoms with Gasteiger partial charge in [0.1, 0.15) is 12.1 Å². The van der Waals surface area contributed by atoms with Gasteiger partial charge in [0.2, 0.25) is 0 Å². The highest BCUT2D eigenvalue weighted by molar-refractivity contribution is 5.43. The Morgan fingerprint density at radius 2 is 1.70 bits per heavy atom. The van der Waals surface area contributed by atoms with Gasteiger partial charge in [0.15, 0.2) is 5.82 Å². The molecule has 6 nitrogen and oxygen atoms in total. The van der Waals surface area contributed by atoms with Crippen molar-refractivity contribution in [2.45, 2.75) is 19.8 Å². The first-order valence-corrected chi connectivity index (χ1v) is 9.64. The van der Waals surface area contributed by atoms with Crippen molar-refractivity contribution >= 4 is 5.82 Å². The van der Waals surface area contributed by atoms with Crippen LogP contribution in [0.4, 0.5) is 5.82 Å². The van der Waals surface area contributed by atoms with E-state index in [0.29, 0.717) is 0 Å². The lowest BCUT2D eigenvalue weighted by molar-refractivity contribution is 0.254. The quantitative estimate of drug-likeness (QED) is 0.675. The van der Waals surface area contributed by atoms with Gasteiger partial charge in [-0.3, -0.25) is 4.90 Å². The van der Waals surface area contributed by atoms with Gasteiger partial charge < -0.3 is 4.90 Å². The maximum Gasteiger partial charge on any atom is 0.158 e. The summed E-state index contributed by atoms with van der Waals surface area (Å²) in [6.07, 6.45) is 5.93. The first-order chi connectivity index (χ1) is 13.3. The minimum Gasteiger partial charge on any atom is -0.354 e. The number of hydrogen-bond donors (Lipinski definition) is 0. The lowest BCUT2D eigenvalue weighted by atomic mass is 10.1. The Hall–Kier alpha value is -2.73. The van der Waals surface area contributed by atoms with Crippen molar-refractivity contribution in [2.75, 3.05) is 37.6 Å². The molecule has 3 heterocycles. The highest BCUT2D eigenvalue weighted by atomic mass is 15.3. The van der Waals surface area contributed by atoms with Crippen LogP contribution in [0.15, 0.2) is 55.0 Å². The maximum absolute atomic E-state index is 4.48. The minimum atomic E-state index is 0.818. The number of anilines is 1. The van der Waals surface area contributed by atoms with E-state index in [-0.39, 0.29) is 0 Å². The number of aryl methyl sites for hydroxylation is 2. The number of benzene rings is 1. The molecule has 0 saturated carbocycles. The number of nitrogens with zero attached hydrogens (tertiary/aromatic N) is 6. The molecule has 1 saturated heterocycles. The van der Waals surface area contributed by atoms with Crippen molar-refractivity contribution in [1.29, 1.82) is 0 Å². The molecule has 0 bridgehead atoms. The van der Waals surface area contributed by atoms with Gasteiger partial charge in [-0.15, -0.1) is 0 Å². The summed E-state index contributed by atoms with van der Waals surface area (Å²) in [5, 5.41) is 4.44. The van der Waals surface area contributed by atoms with Crippen molar-refractivity contribution in [3.05, 3.63) is 66.2 Å². The molecule has 0 aliphatic carbocycles. The number of hydrogen-bond acceptors (Lipinski definition) is 5. The summed E-state index contributed by atoms with van der Waals surface area (Å²) < 4.78 is 1.81. The van der Waals surface area contributed by atoms with Gasteiger partial charge in [-0.2, -0.15) is 5.10 Å². The lowest BCUT2D eigenvalue weighted by Crippen LogP contribution is -2.47. The van der Waals surface area contributed by atoms with Crippen LogP contribution in [0.1, 0.15) is 17.7 Å². The molecule has 1 aliphatic rings. The van der Waals surface area contributed by atoms with Crippen molar-refractivity contribution in [3.8, 4) is 5.82 Å². The molecule has 0 radical (unpaired) electrons. The largest absolute Gasteiger partial charge is 0.354 e. The van der Waals surface area contributed by atoms with Crippen molar-refractivity contribution in [2.24, 2.45) is 0 Å². The monoisotopic (exact) mass is 362 g/mol. The second-order valence-electron chi connectivity index (χ2n) is 7.05. The molecule has 0 amide bonds. The van der Waals surface area contributed by atoms with Crippen molar-refractivity contribution in [1.82, 2.24) is 24.6 Å². The summed E-state index contributed by atoms with van der Waals surface area (Å²) in [5.74, 6) is 1.80. The van der Waals surface area contributed by atoms with E-state index in [2.05, 4.69) is 55.2 Å². The van der Waals surface area contributed by atoms with E-state index in [9.17, 15) is 0 Å². The van der Waals surface area contributed by atoms with E-state index in [1.54, 1.807) is 11.0 Å². The van der Waals surface area contributed by atoms with E-state index < -0.39 is 0 Å². The van der Waals surface area contributed by atoms with Crippen LogP contribution in [-0.4, -0.2) is 57.4 Å². The van der Waals surface area contributed by atoms with Gasteiger partial charge >= 0.3 is 0 Å². The first-order valence-electron chi connectivity index (χ1n) is 9.64. The summed E-state index contributed by atoms with van der Waals surface area (Å²) in [7, 11) is 0. The fraction of sp³-hybridized carbons (Fsp3) is 0.381. The topological polar surface area (TPSA) is 50.1 Å². The Labute approximate surface area is 160 Å². The molecule has 6 heteroatoms. The maximum atomic E-state index is 4.48. The van der Waals surface area contributed by atoms with Gasteiger partial charge in [-0.05, 0) is 37.9 Å². The average Bonchev–Trinajstić information content (AvgIpc) is 3.16. The Kier molecular flexibility index (Phi) is 5.44. The second-order valence-corrected chi connectivity index (χ2v) is 7.05. The number of piperazine rings is 1. The molecular formula is C21H26N6. The van der Waals surface area contributed by atoms with E-state index in [0.717, 1.165) is 56.5 Å². The predicted octanol–water partition coefficient (Wildman–Crippen LogP) is 2.73. The normalized spacial score (nSPS) is 15.2. The first kappa shape index (κ1) is 17.7. The number of aromatic nitrogens is 4. The van der Waals surface area contributed by atoms with Crippen LogP contribution in [0, 0.1) is 6.92 Å². The SMILES string of the molecule is Cc1ccn(-c2cc(N3CCN(CCCc4ccccc4)CC3)ncn2)n1. The summed E-state index contributed by atoms with van der Waals surface area (Å²) in [6.45, 7) is 7.30. The van der Waals surface area contributed by atoms with E-state index in [1.807, 2.05) is 25.3 Å². The van der Waals surface area contributed by atoms with Crippen LogP contribution < -0.4 is 4.90 Å². The molecule has 0 spiro atoms. The highest BCUT2D eigenvalue weighted by Crippen LogP contribution is 2.16. The molecule has 1 fully saturated rings. The second kappa shape index (κ2) is 8.31. The van der Waals surface area contributed by atoms with E-state index in [1.165, 1.54) is 12.0 Å². The standard InChI is InChI=1S/C21H26N6/c1-18-9-11-27(24-18)21-16-20(22-17-23-21)26-14-12-25(13-15-26)10-5-8-19-6-3-2-4-7-19/h2-4,6-7,9,11,16-17H,5,8,10,12-15H2,1H3. The molecule has 3 aromatic rings. The molecule has 0 atom stereocenters. The predicted molar refractivity (Wildman–Crippen MR) is 107 cm³/mol. The molecule has 4 rings (SSSR count). The van der Waals surface area contributed by atoms with Gasteiger partial charge in [0.25, 0.3) is 0 Å². The zero-order chi connectivity index (χ0) is 18.5. The molecule has 0 unspecified atom stereocenters. The van der Waals surface area contributed by atoms with Crippen LogP contribution in [-0.2, 0) is 6.42 Å². The van der Waals surface area contributed by atoms with E-state index in [4.69, 9.17) is 0 Å². The highest BCUT2D eigenvalue weighted by Gasteiger charge is 2.18. The zero-order valence-electron chi connectivity index (χ0n) is 15.8. The fourth-order valence-corrected chi connectivity index (χ4v) is 3.53. The van der Waals surface area contributed by atoms with Crippen LogP contribution in [0.5, 0.6) is 0 Å². The van der Waals surface area contributed by atoms with Crippen LogP contribution >= 0.6 is 0 Å². The number of rotatable bonds is 6. The van der Waals surface area contributed by atoms with Crippen molar-refractivity contribution < 1.29 is 0 Å². The van der Waals surface area contributed by atoms with Gasteiger partial charge in [-0.1, -0.05) is 30.3 Å². The zero-order valence-corrected chi connectivity index (χ0v) is 15.8. The summed E-state index contributed by atoms with van der Waals surface area (Å²) in [5.41, 5.74) is 2.41. The molecule has 1 aromatic carbocycles. The van der Waals surface area contributed by atoms with Crippen LogP contribution in [0.3, 0.4) is 0 Å². The molecule has 27 heavy (non-hydrogen) atoms. The lowest BCUT2D eigenvalue weighted by Gasteiger charge is -2.35. The van der Waals surface area contributed by atoms with Gasteiger partial charge in [0, 0.05) is 38.4 Å². The summed E-state index contributed by atoms with van der Waals surface area (Å²) in [4.78, 5) is 13.7. The Morgan fingerprint density at radius 1 is 0.926 bits per heavy atom. The Bertz CT molecular complexity index is 852. The Morgan fingerprint density at radius 3 is 2.44 bits per heavy atom. The molecule has 1 aliphatic heterocycles. The van der Waals surface area contributed by atoms with Gasteiger partial charge in [-0.25, -0.2) is 14.6 Å². The molecule has 140 valence electrons. The van der Waals surface area contributed by atoms with Crippen LogP contribution in [0.25, 0.3) is 5.82 Å². The minimum absolute atomic E-state index is 0.818. The van der Waals surface area contributed by atoms with E-state index >= 15 is 0 Å².